The third-order valence-electron chi connectivity index (χ3n) is 4.97. The van der Waals surface area contributed by atoms with Crippen LogP contribution >= 0.6 is 0 Å². The highest BCUT2D eigenvalue weighted by Gasteiger charge is 2.18. The van der Waals surface area contributed by atoms with Crippen molar-refractivity contribution in [3.8, 4) is 0 Å². The van der Waals surface area contributed by atoms with Crippen molar-refractivity contribution in [3.05, 3.63) is 77.7 Å². The summed E-state index contributed by atoms with van der Waals surface area (Å²) in [4.78, 5) is 13.6. The van der Waals surface area contributed by atoms with Crippen molar-refractivity contribution in [2.75, 3.05) is 41.3 Å². The van der Waals surface area contributed by atoms with Crippen molar-refractivity contribution in [1.82, 2.24) is 9.97 Å². The lowest BCUT2D eigenvalue weighted by Crippen LogP contribution is -2.46. The van der Waals surface area contributed by atoms with Gasteiger partial charge >= 0.3 is 0 Å². The van der Waals surface area contributed by atoms with Gasteiger partial charge in [-0.15, -0.1) is 0 Å². The molecule has 2 heterocycles. The van der Waals surface area contributed by atoms with Crippen LogP contribution < -0.4 is 15.1 Å². The minimum Gasteiger partial charge on any atom is -0.368 e. The number of benzene rings is 2. The molecule has 1 N–H and O–H groups in total. The van der Waals surface area contributed by atoms with E-state index in [4.69, 9.17) is 0 Å². The first-order valence-corrected chi connectivity index (χ1v) is 9.55. The van der Waals surface area contributed by atoms with Crippen LogP contribution in [-0.4, -0.2) is 36.1 Å². The molecule has 4 rings (SSSR count). The fourth-order valence-corrected chi connectivity index (χ4v) is 3.46. The molecular weight excluding hydrogens is 353 g/mol. The number of aryl methyl sites for hydroxylation is 1. The van der Waals surface area contributed by atoms with E-state index in [2.05, 4.69) is 56.3 Å². The molecule has 1 aromatic heterocycles. The molecule has 2 aromatic carbocycles. The summed E-state index contributed by atoms with van der Waals surface area (Å²) in [6.07, 6.45) is 1.80. The minimum atomic E-state index is -0.200. The minimum absolute atomic E-state index is 0.200. The fourth-order valence-electron chi connectivity index (χ4n) is 3.46. The molecule has 3 aromatic rings. The van der Waals surface area contributed by atoms with Crippen LogP contribution in [0.2, 0.25) is 0 Å². The molecule has 1 saturated heterocycles. The zero-order valence-corrected chi connectivity index (χ0v) is 16.0. The van der Waals surface area contributed by atoms with Gasteiger partial charge in [0.05, 0.1) is 0 Å². The van der Waals surface area contributed by atoms with Gasteiger partial charge in [0, 0.05) is 44.6 Å². The number of nitrogens with zero attached hydrogens (tertiary/aromatic N) is 4. The molecule has 1 aliphatic rings. The quantitative estimate of drug-likeness (QED) is 0.731. The summed E-state index contributed by atoms with van der Waals surface area (Å²) in [7, 11) is 0. The zero-order chi connectivity index (χ0) is 19.3. The van der Waals surface area contributed by atoms with Crippen LogP contribution in [0.3, 0.4) is 0 Å². The van der Waals surface area contributed by atoms with Gasteiger partial charge < -0.3 is 15.1 Å². The van der Waals surface area contributed by atoms with Gasteiger partial charge in [-0.2, -0.15) is 4.98 Å². The summed E-state index contributed by atoms with van der Waals surface area (Å²) in [5, 5.41) is 3.31. The van der Waals surface area contributed by atoms with Crippen LogP contribution in [0.4, 0.5) is 21.8 Å². The summed E-state index contributed by atoms with van der Waals surface area (Å²) >= 11 is 0. The van der Waals surface area contributed by atoms with Gasteiger partial charge in [0.1, 0.15) is 11.6 Å². The van der Waals surface area contributed by atoms with E-state index >= 15 is 0 Å². The van der Waals surface area contributed by atoms with Crippen molar-refractivity contribution in [3.63, 3.8) is 0 Å². The second kappa shape index (κ2) is 8.25. The van der Waals surface area contributed by atoms with E-state index in [1.54, 1.807) is 6.20 Å². The maximum Gasteiger partial charge on any atom is 0.224 e. The van der Waals surface area contributed by atoms with Crippen LogP contribution in [0.5, 0.6) is 0 Å². The number of anilines is 3. The molecule has 0 amide bonds. The van der Waals surface area contributed by atoms with Crippen molar-refractivity contribution in [2.24, 2.45) is 0 Å². The molecule has 5 nitrogen and oxygen atoms in total. The number of hydrogen-bond acceptors (Lipinski definition) is 5. The van der Waals surface area contributed by atoms with E-state index in [9.17, 15) is 4.39 Å². The number of piperazine rings is 1. The highest BCUT2D eigenvalue weighted by Crippen LogP contribution is 2.20. The number of rotatable bonds is 5. The zero-order valence-electron chi connectivity index (χ0n) is 16.0. The maximum absolute atomic E-state index is 13.1. The van der Waals surface area contributed by atoms with E-state index in [0.717, 1.165) is 37.7 Å². The smallest absolute Gasteiger partial charge is 0.224 e. The first-order chi connectivity index (χ1) is 13.7. The second-order valence-corrected chi connectivity index (χ2v) is 7.03. The molecule has 0 saturated carbocycles. The van der Waals surface area contributed by atoms with Gasteiger partial charge in [0.15, 0.2) is 0 Å². The Morgan fingerprint density at radius 3 is 2.46 bits per heavy atom. The Labute approximate surface area is 164 Å². The van der Waals surface area contributed by atoms with Crippen LogP contribution in [0.25, 0.3) is 0 Å². The summed E-state index contributed by atoms with van der Waals surface area (Å²) < 4.78 is 13.1. The lowest BCUT2D eigenvalue weighted by Gasteiger charge is -2.36. The van der Waals surface area contributed by atoms with Crippen LogP contribution in [-0.2, 0) is 6.54 Å². The maximum atomic E-state index is 13.1. The number of halogens is 1. The Kier molecular flexibility index (Phi) is 5.37. The molecule has 0 spiro atoms. The monoisotopic (exact) mass is 377 g/mol. The Morgan fingerprint density at radius 1 is 0.964 bits per heavy atom. The molecule has 0 bridgehead atoms. The van der Waals surface area contributed by atoms with Gasteiger partial charge in [-0.3, -0.25) is 0 Å². The molecule has 1 aliphatic heterocycles. The lowest BCUT2D eigenvalue weighted by atomic mass is 10.1. The summed E-state index contributed by atoms with van der Waals surface area (Å²) in [6.45, 7) is 6.27. The molecule has 28 heavy (non-hydrogen) atoms. The average molecular weight is 377 g/mol. The standard InChI is InChI=1S/C22H24FN5/c1-17-3-2-4-18(15-17)16-25-22-24-10-9-21(26-22)28-13-11-27(12-14-28)20-7-5-19(23)6-8-20/h2-10,15H,11-14,16H2,1H3,(H,24,25,26). The van der Waals surface area contributed by atoms with E-state index in [1.165, 1.54) is 23.3 Å². The van der Waals surface area contributed by atoms with Gasteiger partial charge in [-0.25, -0.2) is 9.37 Å². The topological polar surface area (TPSA) is 44.3 Å². The van der Waals surface area contributed by atoms with E-state index in [1.807, 2.05) is 18.2 Å². The molecule has 0 unspecified atom stereocenters. The van der Waals surface area contributed by atoms with Crippen molar-refractivity contribution in [2.45, 2.75) is 13.5 Å². The third-order valence-corrected chi connectivity index (χ3v) is 4.97. The Hall–Kier alpha value is -3.15. The van der Waals surface area contributed by atoms with Crippen molar-refractivity contribution >= 4 is 17.5 Å². The van der Waals surface area contributed by atoms with Crippen molar-refractivity contribution in [1.29, 1.82) is 0 Å². The fraction of sp³-hybridized carbons (Fsp3) is 0.273. The average Bonchev–Trinajstić information content (AvgIpc) is 2.73. The molecule has 0 atom stereocenters. The molecule has 1 fully saturated rings. The highest BCUT2D eigenvalue weighted by molar-refractivity contribution is 5.50. The molecule has 6 heteroatoms. The summed E-state index contributed by atoms with van der Waals surface area (Å²) in [5.74, 6) is 1.37. The summed E-state index contributed by atoms with van der Waals surface area (Å²) in [5.41, 5.74) is 3.51. The molecular formula is C22H24FN5. The van der Waals surface area contributed by atoms with Gasteiger partial charge in [-0.1, -0.05) is 29.8 Å². The lowest BCUT2D eigenvalue weighted by molar-refractivity contribution is 0.624. The van der Waals surface area contributed by atoms with Crippen molar-refractivity contribution < 1.29 is 4.39 Å². The first kappa shape index (κ1) is 18.2. The number of aromatic nitrogens is 2. The Morgan fingerprint density at radius 2 is 1.71 bits per heavy atom. The largest absolute Gasteiger partial charge is 0.368 e. The second-order valence-electron chi connectivity index (χ2n) is 7.03. The molecule has 0 aliphatic carbocycles. The van der Waals surface area contributed by atoms with Crippen LogP contribution in [0.1, 0.15) is 11.1 Å². The van der Waals surface area contributed by atoms with Crippen LogP contribution in [0.15, 0.2) is 60.8 Å². The third kappa shape index (κ3) is 4.39. The van der Waals surface area contributed by atoms with Gasteiger partial charge in [0.25, 0.3) is 0 Å². The molecule has 144 valence electrons. The number of hydrogen-bond donors (Lipinski definition) is 1. The Balaban J connectivity index is 1.36. The SMILES string of the molecule is Cc1cccc(CNc2nccc(N3CCN(c4ccc(F)cc4)CC3)n2)c1. The first-order valence-electron chi connectivity index (χ1n) is 9.55. The normalized spacial score (nSPS) is 14.2. The summed E-state index contributed by atoms with van der Waals surface area (Å²) in [6, 6.07) is 17.1. The van der Waals surface area contributed by atoms with Gasteiger partial charge in [-0.05, 0) is 42.8 Å². The predicted molar refractivity (Wildman–Crippen MR) is 111 cm³/mol. The van der Waals surface area contributed by atoms with E-state index < -0.39 is 0 Å². The highest BCUT2D eigenvalue weighted by atomic mass is 19.1. The molecule has 0 radical (unpaired) electrons. The number of nitrogens with one attached hydrogen (secondary N) is 1. The van der Waals surface area contributed by atoms with E-state index in [0.29, 0.717) is 12.5 Å². The van der Waals surface area contributed by atoms with Crippen LogP contribution in [0, 0.1) is 12.7 Å². The Bertz CT molecular complexity index is 920. The predicted octanol–water partition coefficient (Wildman–Crippen LogP) is 3.86. The van der Waals surface area contributed by atoms with Gasteiger partial charge in [0.2, 0.25) is 5.95 Å². The van der Waals surface area contributed by atoms with E-state index in [-0.39, 0.29) is 5.82 Å².